The van der Waals surface area contributed by atoms with Gasteiger partial charge in [0.15, 0.2) is 0 Å². The lowest BCUT2D eigenvalue weighted by molar-refractivity contribution is -0.141. The number of carboxylic acid groups (broad SMARTS) is 1. The second-order valence-corrected chi connectivity index (χ2v) is 4.30. The molecule has 0 unspecified atom stereocenters. The topological polar surface area (TPSA) is 98.7 Å². The van der Waals surface area contributed by atoms with E-state index in [0.29, 0.717) is 17.7 Å². The van der Waals surface area contributed by atoms with Gasteiger partial charge in [0.25, 0.3) is 0 Å². The summed E-state index contributed by atoms with van der Waals surface area (Å²) in [4.78, 5) is 33.5. The lowest BCUT2D eigenvalue weighted by Crippen LogP contribution is -2.48. The smallest absolute Gasteiger partial charge is 0.406 e. The van der Waals surface area contributed by atoms with Crippen molar-refractivity contribution in [2.45, 2.75) is 25.1 Å². The molecule has 114 valence electrons. The third kappa shape index (κ3) is 6.25. The zero-order valence-electron chi connectivity index (χ0n) is 10.4. The Labute approximate surface area is 112 Å². The van der Waals surface area contributed by atoms with Crippen LogP contribution in [0.25, 0.3) is 0 Å². The van der Waals surface area contributed by atoms with Gasteiger partial charge in [-0.2, -0.15) is 13.2 Å². The van der Waals surface area contributed by atoms with Gasteiger partial charge in [-0.25, -0.2) is 4.79 Å². The second kappa shape index (κ2) is 6.44. The summed E-state index contributed by atoms with van der Waals surface area (Å²) < 4.78 is 36.9. The molecule has 0 aromatic carbocycles. The van der Waals surface area contributed by atoms with E-state index in [9.17, 15) is 27.6 Å². The largest absolute Gasteiger partial charge is 0.480 e. The highest BCUT2D eigenvalue weighted by Gasteiger charge is 2.40. The van der Waals surface area contributed by atoms with E-state index in [1.54, 1.807) is 0 Å². The molecule has 10 heteroatoms. The van der Waals surface area contributed by atoms with Crippen LogP contribution in [0, 0.1) is 0 Å². The van der Waals surface area contributed by atoms with Crippen molar-refractivity contribution in [3.63, 3.8) is 0 Å². The lowest BCUT2D eigenvalue weighted by atomic mass is 10.4. The fourth-order valence-corrected chi connectivity index (χ4v) is 1.44. The molecule has 1 saturated carbocycles. The SMILES string of the molecule is O=C(O)CNC(=O)CNC(=O)N(CC(F)(F)F)C1CC1. The molecule has 7 nitrogen and oxygen atoms in total. The van der Waals surface area contributed by atoms with Crippen LogP contribution in [0.2, 0.25) is 0 Å². The monoisotopic (exact) mass is 297 g/mol. The van der Waals surface area contributed by atoms with Crippen molar-refractivity contribution in [1.29, 1.82) is 0 Å². The molecule has 0 radical (unpaired) electrons. The summed E-state index contributed by atoms with van der Waals surface area (Å²) in [5.74, 6) is -2.05. The molecule has 0 aliphatic heterocycles. The third-order valence-electron chi connectivity index (χ3n) is 2.44. The molecule has 1 fully saturated rings. The number of amides is 3. The predicted octanol–water partition coefficient (Wildman–Crippen LogP) is -0.0765. The molecule has 0 bridgehead atoms. The molecule has 0 heterocycles. The van der Waals surface area contributed by atoms with Gasteiger partial charge < -0.3 is 20.6 Å². The van der Waals surface area contributed by atoms with Crippen molar-refractivity contribution in [1.82, 2.24) is 15.5 Å². The maximum absolute atomic E-state index is 12.3. The highest BCUT2D eigenvalue weighted by atomic mass is 19.4. The molecular weight excluding hydrogens is 283 g/mol. The van der Waals surface area contributed by atoms with Crippen molar-refractivity contribution in [2.75, 3.05) is 19.6 Å². The molecule has 3 N–H and O–H groups in total. The predicted molar refractivity (Wildman–Crippen MR) is 59.8 cm³/mol. The summed E-state index contributed by atoms with van der Waals surface area (Å²) in [7, 11) is 0. The quantitative estimate of drug-likeness (QED) is 0.639. The van der Waals surface area contributed by atoms with E-state index in [2.05, 4.69) is 0 Å². The van der Waals surface area contributed by atoms with Crippen LogP contribution < -0.4 is 10.6 Å². The normalized spacial score (nSPS) is 14.6. The Balaban J connectivity index is 2.39. The number of rotatable bonds is 6. The molecule has 0 atom stereocenters. The number of halogens is 3. The fourth-order valence-electron chi connectivity index (χ4n) is 1.44. The minimum Gasteiger partial charge on any atom is -0.480 e. The Bertz CT molecular complexity index is 396. The van der Waals surface area contributed by atoms with Crippen LogP contribution in [0.15, 0.2) is 0 Å². The van der Waals surface area contributed by atoms with E-state index in [4.69, 9.17) is 5.11 Å². The van der Waals surface area contributed by atoms with Crippen molar-refractivity contribution in [3.05, 3.63) is 0 Å². The minimum absolute atomic E-state index is 0.460. The number of hydrogen-bond acceptors (Lipinski definition) is 3. The van der Waals surface area contributed by atoms with Gasteiger partial charge in [0.1, 0.15) is 13.1 Å². The van der Waals surface area contributed by atoms with Crippen molar-refractivity contribution < 1.29 is 32.7 Å². The number of hydrogen-bond donors (Lipinski definition) is 3. The van der Waals surface area contributed by atoms with Crippen LogP contribution in [0.4, 0.5) is 18.0 Å². The van der Waals surface area contributed by atoms with Gasteiger partial charge in [0, 0.05) is 6.04 Å². The van der Waals surface area contributed by atoms with E-state index in [-0.39, 0.29) is 0 Å². The number of aliphatic carboxylic acids is 1. The maximum atomic E-state index is 12.3. The summed E-state index contributed by atoms with van der Waals surface area (Å²) in [5.41, 5.74) is 0. The molecule has 0 aromatic heterocycles. The molecule has 1 rings (SSSR count). The second-order valence-electron chi connectivity index (χ2n) is 4.30. The lowest BCUT2D eigenvalue weighted by Gasteiger charge is -2.23. The Morgan fingerprint density at radius 3 is 2.20 bits per heavy atom. The Kier molecular flexibility index (Phi) is 5.17. The highest BCUT2D eigenvalue weighted by Crippen LogP contribution is 2.29. The Hall–Kier alpha value is -2.00. The standard InChI is InChI=1S/C10H14F3N3O4/c11-10(12,13)5-16(6-1-2-6)9(20)15-3-7(17)14-4-8(18)19/h6H,1-5H2,(H,14,17)(H,15,20)(H,18,19). The minimum atomic E-state index is -4.51. The van der Waals surface area contributed by atoms with Crippen molar-refractivity contribution >= 4 is 17.9 Å². The number of carbonyl (C=O) groups excluding carboxylic acids is 2. The van der Waals surface area contributed by atoms with Gasteiger partial charge in [0.05, 0.1) is 6.54 Å². The van der Waals surface area contributed by atoms with Gasteiger partial charge in [-0.15, -0.1) is 0 Å². The van der Waals surface area contributed by atoms with Gasteiger partial charge in [0.2, 0.25) is 5.91 Å². The van der Waals surface area contributed by atoms with E-state index >= 15 is 0 Å². The molecule has 0 saturated heterocycles. The average Bonchev–Trinajstić information content (AvgIpc) is 3.13. The van der Waals surface area contributed by atoms with Crippen molar-refractivity contribution in [2.24, 2.45) is 0 Å². The number of carbonyl (C=O) groups is 3. The third-order valence-corrected chi connectivity index (χ3v) is 2.44. The molecule has 0 spiro atoms. The summed E-state index contributed by atoms with van der Waals surface area (Å²) in [6.07, 6.45) is -3.52. The first kappa shape index (κ1) is 16.1. The van der Waals surface area contributed by atoms with Crippen LogP contribution in [-0.2, 0) is 9.59 Å². The Morgan fingerprint density at radius 1 is 1.15 bits per heavy atom. The molecule has 1 aliphatic carbocycles. The van der Waals surface area contributed by atoms with Gasteiger partial charge in [-0.05, 0) is 12.8 Å². The summed E-state index contributed by atoms with van der Waals surface area (Å²) in [6.45, 7) is -2.57. The summed E-state index contributed by atoms with van der Waals surface area (Å²) in [6, 6.07) is -1.45. The molecule has 20 heavy (non-hydrogen) atoms. The zero-order valence-corrected chi connectivity index (χ0v) is 10.4. The first-order valence-corrected chi connectivity index (χ1v) is 5.79. The number of nitrogens with one attached hydrogen (secondary N) is 2. The first-order chi connectivity index (χ1) is 9.19. The van der Waals surface area contributed by atoms with E-state index in [0.717, 1.165) is 0 Å². The van der Waals surface area contributed by atoms with E-state index in [1.165, 1.54) is 0 Å². The Morgan fingerprint density at radius 2 is 1.75 bits per heavy atom. The van der Waals surface area contributed by atoms with Crippen LogP contribution in [-0.4, -0.2) is 59.8 Å². The zero-order chi connectivity index (χ0) is 15.3. The van der Waals surface area contributed by atoms with Crippen LogP contribution >= 0.6 is 0 Å². The number of nitrogens with zero attached hydrogens (tertiary/aromatic N) is 1. The molecular formula is C10H14F3N3O4. The van der Waals surface area contributed by atoms with E-state index < -0.39 is 49.8 Å². The summed E-state index contributed by atoms with van der Waals surface area (Å²) >= 11 is 0. The van der Waals surface area contributed by atoms with Gasteiger partial charge >= 0.3 is 18.2 Å². The number of alkyl halides is 3. The number of urea groups is 1. The molecule has 1 aliphatic rings. The maximum Gasteiger partial charge on any atom is 0.406 e. The van der Waals surface area contributed by atoms with Gasteiger partial charge in [-0.1, -0.05) is 0 Å². The van der Waals surface area contributed by atoms with Gasteiger partial charge in [-0.3, -0.25) is 9.59 Å². The van der Waals surface area contributed by atoms with Crippen LogP contribution in [0.1, 0.15) is 12.8 Å². The summed E-state index contributed by atoms with van der Waals surface area (Å²) in [5, 5.41) is 12.3. The highest BCUT2D eigenvalue weighted by molar-refractivity contribution is 5.86. The molecule has 0 aromatic rings. The first-order valence-electron chi connectivity index (χ1n) is 5.79. The van der Waals surface area contributed by atoms with E-state index in [1.807, 2.05) is 10.6 Å². The van der Waals surface area contributed by atoms with Crippen LogP contribution in [0.5, 0.6) is 0 Å². The fraction of sp³-hybridized carbons (Fsp3) is 0.700. The average molecular weight is 297 g/mol. The van der Waals surface area contributed by atoms with Crippen molar-refractivity contribution in [3.8, 4) is 0 Å². The molecule has 3 amide bonds. The number of carboxylic acids is 1. The van der Waals surface area contributed by atoms with Crippen LogP contribution in [0.3, 0.4) is 0 Å².